The molecule has 9 heteroatoms. The van der Waals surface area contributed by atoms with Crippen molar-refractivity contribution in [3.05, 3.63) is 59.7 Å². The molecule has 1 heterocycles. The molecule has 0 aromatic heterocycles. The number of nitrogens with zero attached hydrogens (tertiary/aromatic N) is 2. The normalized spacial score (nSPS) is 16.3. The monoisotopic (exact) mass is 670 g/mol. The van der Waals surface area contributed by atoms with Gasteiger partial charge in [-0.15, -0.1) is 0 Å². The van der Waals surface area contributed by atoms with Crippen molar-refractivity contribution in [1.82, 2.24) is 8.61 Å². The molecular weight excluding hydrogens is 623 g/mol. The first-order chi connectivity index (χ1) is 18.0. The van der Waals surface area contributed by atoms with Crippen LogP contribution in [-0.4, -0.2) is 61.1 Å². The van der Waals surface area contributed by atoms with Crippen LogP contribution in [0.1, 0.15) is 70.4 Å². The number of aryl methyl sites for hydroxylation is 2. The Morgan fingerprint density at radius 1 is 0.632 bits per heavy atom. The molecule has 2 aromatic carbocycles. The number of benzene rings is 2. The Morgan fingerprint density at radius 2 is 0.947 bits per heavy atom. The molecule has 0 spiro atoms. The van der Waals surface area contributed by atoms with E-state index in [9.17, 15) is 16.8 Å². The van der Waals surface area contributed by atoms with Gasteiger partial charge in [-0.2, -0.15) is 0 Å². The first kappa shape index (κ1) is 31.6. The molecule has 3 rings (SSSR count). The minimum atomic E-state index is -3.87. The zero-order chi connectivity index (χ0) is 28.0. The number of rotatable bonds is 14. The van der Waals surface area contributed by atoms with Gasteiger partial charge in [-0.3, -0.25) is 0 Å². The Bertz CT molecular complexity index is 1140. The second-order valence-electron chi connectivity index (χ2n) is 10.9. The molecule has 0 atom stereocenters. The molecular formula is C29H46N2O4S2Sn. The van der Waals surface area contributed by atoms with Crippen LogP contribution >= 0.6 is 0 Å². The van der Waals surface area contributed by atoms with Crippen molar-refractivity contribution in [1.29, 1.82) is 0 Å². The number of hydrogen-bond acceptors (Lipinski definition) is 4. The summed E-state index contributed by atoms with van der Waals surface area (Å²) in [7, 11) is -7.73. The molecule has 1 saturated heterocycles. The van der Waals surface area contributed by atoms with Gasteiger partial charge in [-0.1, -0.05) is 0 Å². The molecule has 0 saturated carbocycles. The van der Waals surface area contributed by atoms with Gasteiger partial charge in [-0.25, -0.2) is 0 Å². The predicted octanol–water partition coefficient (Wildman–Crippen LogP) is 6.71. The van der Waals surface area contributed by atoms with E-state index in [1.807, 2.05) is 38.1 Å². The zero-order valence-corrected chi connectivity index (χ0v) is 28.3. The summed E-state index contributed by atoms with van der Waals surface area (Å²) in [5.74, 6) is 0. The minimum absolute atomic E-state index is 0.203. The first-order valence-electron chi connectivity index (χ1n) is 14.2. The van der Waals surface area contributed by atoms with Gasteiger partial charge < -0.3 is 0 Å². The number of hydrogen-bond donors (Lipinski definition) is 0. The Morgan fingerprint density at radius 3 is 1.24 bits per heavy atom. The molecule has 0 aliphatic carbocycles. The SMILES string of the molecule is CCC[CH2][Sn]([CH2]CCC)([CH2]CCC)[CH]1N(S(=O)(=O)c2ccc(C)cc2)CCN1S(=O)(=O)c1ccc(C)cc1. The predicted molar refractivity (Wildman–Crippen MR) is 159 cm³/mol. The van der Waals surface area contributed by atoms with Crippen molar-refractivity contribution in [2.24, 2.45) is 0 Å². The molecule has 38 heavy (non-hydrogen) atoms. The van der Waals surface area contributed by atoms with E-state index in [0.29, 0.717) is 0 Å². The van der Waals surface area contributed by atoms with E-state index in [4.69, 9.17) is 0 Å². The van der Waals surface area contributed by atoms with E-state index in [2.05, 4.69) is 20.8 Å². The molecule has 1 fully saturated rings. The van der Waals surface area contributed by atoms with Crippen LogP contribution in [0.5, 0.6) is 0 Å². The summed E-state index contributed by atoms with van der Waals surface area (Å²) in [6.07, 6.45) is 6.15. The summed E-state index contributed by atoms with van der Waals surface area (Å²) < 4.78 is 62.6. The molecule has 0 amide bonds. The van der Waals surface area contributed by atoms with Gasteiger partial charge in [0, 0.05) is 0 Å². The molecule has 0 radical (unpaired) electrons. The van der Waals surface area contributed by atoms with Crippen LogP contribution in [0.4, 0.5) is 0 Å². The number of sulfonamides is 2. The summed E-state index contributed by atoms with van der Waals surface area (Å²) in [4.78, 5) is 0.508. The van der Waals surface area contributed by atoms with Crippen LogP contribution in [0.25, 0.3) is 0 Å². The standard InChI is InChI=1S/C17H19N2O4S2.3C4H9.Sn/c1-14-3-7-16(8-4-14)24(20,21)18-11-12-19(13-18)25(22,23)17-9-5-15(2)6-10-17;3*1-3-4-2;/h3-10,13H,11-12H2,1-2H3;3*1,3-4H2,2H3;. The van der Waals surface area contributed by atoms with E-state index in [0.717, 1.165) is 63.0 Å². The van der Waals surface area contributed by atoms with E-state index >= 15 is 0 Å². The quantitative estimate of drug-likeness (QED) is 0.210. The summed E-state index contributed by atoms with van der Waals surface area (Å²) in [6, 6.07) is 13.9. The Labute approximate surface area is 235 Å². The molecule has 6 nitrogen and oxygen atoms in total. The van der Waals surface area contributed by atoms with Gasteiger partial charge in [0.1, 0.15) is 0 Å². The molecule has 1 aliphatic heterocycles. The molecule has 0 unspecified atom stereocenters. The van der Waals surface area contributed by atoms with Crippen LogP contribution in [0.15, 0.2) is 58.3 Å². The van der Waals surface area contributed by atoms with Crippen LogP contribution in [0.2, 0.25) is 13.3 Å². The third kappa shape index (κ3) is 6.85. The summed E-state index contributed by atoms with van der Waals surface area (Å²) in [6.45, 7) is 10.8. The third-order valence-electron chi connectivity index (χ3n) is 7.97. The molecule has 2 aromatic rings. The van der Waals surface area contributed by atoms with Crippen LogP contribution < -0.4 is 0 Å². The van der Waals surface area contributed by atoms with Crippen molar-refractivity contribution in [3.8, 4) is 0 Å². The molecule has 0 N–H and O–H groups in total. The van der Waals surface area contributed by atoms with Gasteiger partial charge in [0.2, 0.25) is 0 Å². The Kier molecular flexibility index (Phi) is 11.3. The topological polar surface area (TPSA) is 74.8 Å². The third-order valence-corrected chi connectivity index (χ3v) is 29.2. The van der Waals surface area contributed by atoms with Crippen LogP contribution in [0, 0.1) is 13.8 Å². The second kappa shape index (κ2) is 13.6. The van der Waals surface area contributed by atoms with Gasteiger partial charge in [-0.05, 0) is 0 Å². The van der Waals surface area contributed by atoms with Crippen LogP contribution in [-0.2, 0) is 20.0 Å². The van der Waals surface area contributed by atoms with Crippen molar-refractivity contribution in [2.75, 3.05) is 13.1 Å². The molecule has 0 bridgehead atoms. The maximum atomic E-state index is 14.2. The van der Waals surface area contributed by atoms with E-state index < -0.39 is 42.6 Å². The van der Waals surface area contributed by atoms with Crippen molar-refractivity contribution in [2.45, 2.75) is 100 Å². The molecule has 1 aliphatic rings. The summed E-state index contributed by atoms with van der Waals surface area (Å²) >= 11 is -3.49. The Balaban J connectivity index is 2.22. The fourth-order valence-corrected chi connectivity index (χ4v) is 31.7. The summed E-state index contributed by atoms with van der Waals surface area (Å²) in [5, 5.41) is 0. The zero-order valence-electron chi connectivity index (χ0n) is 23.8. The second-order valence-corrected chi connectivity index (χ2v) is 28.2. The number of unbranched alkanes of at least 4 members (excludes halogenated alkanes) is 3. The van der Waals surface area contributed by atoms with Crippen LogP contribution in [0.3, 0.4) is 0 Å². The fraction of sp³-hybridized carbons (Fsp3) is 0.586. The van der Waals surface area contributed by atoms with Crippen molar-refractivity contribution >= 4 is 38.4 Å². The van der Waals surface area contributed by atoms with E-state index in [1.165, 1.54) is 0 Å². The van der Waals surface area contributed by atoms with Crippen molar-refractivity contribution < 1.29 is 16.8 Å². The van der Waals surface area contributed by atoms with E-state index in [-0.39, 0.29) is 22.9 Å². The van der Waals surface area contributed by atoms with Gasteiger partial charge in [0.15, 0.2) is 0 Å². The summed E-state index contributed by atoms with van der Waals surface area (Å²) in [5.41, 5.74) is 1.99. The van der Waals surface area contributed by atoms with Gasteiger partial charge in [0.25, 0.3) is 0 Å². The average molecular weight is 670 g/mol. The van der Waals surface area contributed by atoms with Gasteiger partial charge >= 0.3 is 237 Å². The maximum absolute atomic E-state index is 14.2. The molecule has 212 valence electrons. The van der Waals surface area contributed by atoms with Gasteiger partial charge in [0.05, 0.1) is 0 Å². The fourth-order valence-electron chi connectivity index (χ4n) is 5.74. The first-order valence-corrected chi connectivity index (χ1v) is 24.8. The van der Waals surface area contributed by atoms with Crippen molar-refractivity contribution in [3.63, 3.8) is 0 Å². The van der Waals surface area contributed by atoms with E-state index in [1.54, 1.807) is 32.9 Å². The average Bonchev–Trinajstić information content (AvgIpc) is 3.37. The Hall–Kier alpha value is -0.941.